The molecule has 0 unspecified atom stereocenters. The Kier molecular flexibility index (Phi) is 13.7. The summed E-state index contributed by atoms with van der Waals surface area (Å²) in [4.78, 5) is 22.9. The molecule has 0 rings (SSSR count). The zero-order valence-corrected chi connectivity index (χ0v) is 18.7. The van der Waals surface area contributed by atoms with Gasteiger partial charge >= 0.3 is 12.2 Å². The van der Waals surface area contributed by atoms with E-state index < -0.39 is 11.2 Å². The Balaban J connectivity index is 3.28. The maximum Gasteiger partial charge on any atom is 0.407 e. The van der Waals surface area contributed by atoms with Crippen LogP contribution in [-0.4, -0.2) is 62.7 Å². The third-order valence-electron chi connectivity index (χ3n) is 3.35. The lowest BCUT2D eigenvalue weighted by molar-refractivity contribution is 0.0515. The molecule has 0 saturated heterocycles. The van der Waals surface area contributed by atoms with Crippen molar-refractivity contribution in [2.45, 2.75) is 78.4 Å². The predicted molar refractivity (Wildman–Crippen MR) is 113 cm³/mol. The van der Waals surface area contributed by atoms with E-state index in [4.69, 9.17) is 9.47 Å². The van der Waals surface area contributed by atoms with Crippen molar-refractivity contribution in [2.75, 3.05) is 39.3 Å². The Labute approximate surface area is 170 Å². The number of ether oxygens (including phenoxy) is 2. The van der Waals surface area contributed by atoms with Crippen molar-refractivity contribution >= 4 is 12.2 Å². The van der Waals surface area contributed by atoms with Crippen LogP contribution in [-0.2, 0) is 9.47 Å². The Hall–Kier alpha value is -1.54. The van der Waals surface area contributed by atoms with Crippen LogP contribution in [0.3, 0.4) is 0 Å². The van der Waals surface area contributed by atoms with Gasteiger partial charge in [-0.25, -0.2) is 9.59 Å². The van der Waals surface area contributed by atoms with Crippen LogP contribution in [0.5, 0.6) is 0 Å². The number of unbranched alkanes of at least 4 members (excludes halogenated alkanes) is 1. The first-order valence-corrected chi connectivity index (χ1v) is 10.3. The lowest BCUT2D eigenvalue weighted by Crippen LogP contribution is -2.34. The van der Waals surface area contributed by atoms with Crippen LogP contribution >= 0.6 is 0 Å². The van der Waals surface area contributed by atoms with Crippen molar-refractivity contribution in [1.82, 2.24) is 21.3 Å². The molecule has 166 valence electrons. The first kappa shape index (κ1) is 26.5. The largest absolute Gasteiger partial charge is 0.444 e. The molecule has 0 radical (unpaired) electrons. The highest BCUT2D eigenvalue weighted by atomic mass is 16.6. The van der Waals surface area contributed by atoms with Gasteiger partial charge in [0, 0.05) is 13.1 Å². The lowest BCUT2D eigenvalue weighted by Gasteiger charge is -2.19. The van der Waals surface area contributed by atoms with Gasteiger partial charge in [-0.15, -0.1) is 0 Å². The minimum Gasteiger partial charge on any atom is -0.444 e. The van der Waals surface area contributed by atoms with Gasteiger partial charge in [0.1, 0.15) is 11.2 Å². The van der Waals surface area contributed by atoms with E-state index in [1.807, 2.05) is 41.5 Å². The fourth-order valence-electron chi connectivity index (χ4n) is 2.19. The van der Waals surface area contributed by atoms with Gasteiger partial charge in [-0.2, -0.15) is 0 Å². The summed E-state index contributed by atoms with van der Waals surface area (Å²) in [6, 6.07) is 0. The molecule has 0 fully saturated rings. The van der Waals surface area contributed by atoms with Gasteiger partial charge in [0.2, 0.25) is 0 Å². The van der Waals surface area contributed by atoms with Gasteiger partial charge in [-0.3, -0.25) is 0 Å². The smallest absolute Gasteiger partial charge is 0.407 e. The second-order valence-corrected chi connectivity index (χ2v) is 8.77. The number of nitrogens with one attached hydrogen (secondary N) is 4. The quantitative estimate of drug-likeness (QED) is 0.354. The number of carbonyl (C=O) groups is 2. The monoisotopic (exact) mass is 402 g/mol. The third-order valence-corrected chi connectivity index (χ3v) is 3.35. The van der Waals surface area contributed by atoms with Crippen LogP contribution in [0.2, 0.25) is 0 Å². The average Bonchev–Trinajstić information content (AvgIpc) is 2.51. The van der Waals surface area contributed by atoms with Crippen molar-refractivity contribution in [3.05, 3.63) is 0 Å². The van der Waals surface area contributed by atoms with Crippen LogP contribution in [0.1, 0.15) is 67.2 Å². The molecule has 0 aromatic carbocycles. The highest BCUT2D eigenvalue weighted by Crippen LogP contribution is 2.06. The zero-order valence-electron chi connectivity index (χ0n) is 18.7. The van der Waals surface area contributed by atoms with Crippen molar-refractivity contribution in [1.29, 1.82) is 0 Å². The number of hydrogen-bond acceptors (Lipinski definition) is 6. The van der Waals surface area contributed by atoms with Gasteiger partial charge in [-0.1, -0.05) is 0 Å². The molecule has 0 saturated carbocycles. The number of alkyl carbamates (subject to hydrolysis) is 2. The van der Waals surface area contributed by atoms with Gasteiger partial charge in [0.05, 0.1) is 0 Å². The number of hydrogen-bond donors (Lipinski definition) is 4. The minimum absolute atomic E-state index is 0.361. The molecule has 0 bridgehead atoms. The van der Waals surface area contributed by atoms with E-state index in [2.05, 4.69) is 21.3 Å². The van der Waals surface area contributed by atoms with Crippen LogP contribution in [0, 0.1) is 0 Å². The molecule has 8 nitrogen and oxygen atoms in total. The molecule has 0 heterocycles. The van der Waals surface area contributed by atoms with Crippen molar-refractivity contribution < 1.29 is 19.1 Å². The Morgan fingerprint density at radius 1 is 0.571 bits per heavy atom. The highest BCUT2D eigenvalue weighted by Gasteiger charge is 2.16. The highest BCUT2D eigenvalue weighted by molar-refractivity contribution is 5.67. The molecule has 0 aromatic rings. The van der Waals surface area contributed by atoms with E-state index in [9.17, 15) is 9.59 Å². The lowest BCUT2D eigenvalue weighted by atomic mass is 10.2. The minimum atomic E-state index is -0.453. The van der Waals surface area contributed by atoms with Crippen LogP contribution < -0.4 is 21.3 Å². The number of rotatable bonds is 13. The molecule has 28 heavy (non-hydrogen) atoms. The predicted octanol–water partition coefficient (Wildman–Crippen LogP) is 2.78. The van der Waals surface area contributed by atoms with Gasteiger partial charge in [0.15, 0.2) is 0 Å². The number of carbonyl (C=O) groups excluding carboxylic acids is 2. The van der Waals surface area contributed by atoms with Crippen LogP contribution in [0.15, 0.2) is 0 Å². The topological polar surface area (TPSA) is 101 Å². The Morgan fingerprint density at radius 2 is 0.893 bits per heavy atom. The van der Waals surface area contributed by atoms with Crippen LogP contribution in [0.4, 0.5) is 9.59 Å². The molecule has 0 aliphatic rings. The molecule has 0 aliphatic carbocycles. The summed E-state index contributed by atoms with van der Waals surface area (Å²) < 4.78 is 10.3. The standard InChI is InChI=1S/C20H42N4O4/c1-19(2,3)27-17(25)23-15-9-13-21-11-7-8-12-22-14-10-16-24-18(26)28-20(4,5)6/h21-22H,7-16H2,1-6H3,(H,23,25)(H,24,26). The van der Waals surface area contributed by atoms with E-state index in [1.54, 1.807) is 0 Å². The maximum atomic E-state index is 11.5. The average molecular weight is 403 g/mol. The summed E-state index contributed by atoms with van der Waals surface area (Å²) in [7, 11) is 0. The van der Waals surface area contributed by atoms with Crippen molar-refractivity contribution in [3.8, 4) is 0 Å². The molecule has 0 spiro atoms. The summed E-state index contributed by atoms with van der Waals surface area (Å²) in [5.74, 6) is 0. The van der Waals surface area contributed by atoms with Crippen LogP contribution in [0.25, 0.3) is 0 Å². The first-order chi connectivity index (χ1) is 13.0. The maximum absolute atomic E-state index is 11.5. The van der Waals surface area contributed by atoms with E-state index in [1.165, 1.54) is 0 Å². The fourth-order valence-corrected chi connectivity index (χ4v) is 2.19. The van der Waals surface area contributed by atoms with Gasteiger partial charge in [0.25, 0.3) is 0 Å². The summed E-state index contributed by atoms with van der Waals surface area (Å²) in [5.41, 5.74) is -0.907. The Morgan fingerprint density at radius 3 is 1.21 bits per heavy atom. The summed E-state index contributed by atoms with van der Waals surface area (Å²) >= 11 is 0. The fraction of sp³-hybridized carbons (Fsp3) is 0.900. The molecule has 8 heteroatoms. The van der Waals surface area contributed by atoms with Crippen molar-refractivity contribution in [3.63, 3.8) is 0 Å². The molecule has 2 amide bonds. The second-order valence-electron chi connectivity index (χ2n) is 8.77. The molecular formula is C20H42N4O4. The molecule has 0 aromatic heterocycles. The van der Waals surface area contributed by atoms with E-state index in [0.29, 0.717) is 13.1 Å². The zero-order chi connectivity index (χ0) is 21.5. The third kappa shape index (κ3) is 20.8. The van der Waals surface area contributed by atoms with Crippen molar-refractivity contribution in [2.24, 2.45) is 0 Å². The second kappa shape index (κ2) is 14.5. The van der Waals surface area contributed by atoms with E-state index >= 15 is 0 Å². The molecule has 0 atom stereocenters. The normalized spacial score (nSPS) is 11.8. The Bertz CT molecular complexity index is 391. The van der Waals surface area contributed by atoms with E-state index in [-0.39, 0.29) is 12.2 Å². The SMILES string of the molecule is CC(C)(C)OC(=O)NCCCNCCCCNCCCNC(=O)OC(C)(C)C. The molecular weight excluding hydrogens is 360 g/mol. The van der Waals surface area contributed by atoms with Gasteiger partial charge < -0.3 is 30.7 Å². The van der Waals surface area contributed by atoms with Gasteiger partial charge in [-0.05, 0) is 93.4 Å². The van der Waals surface area contributed by atoms with E-state index in [0.717, 1.165) is 51.9 Å². The number of amides is 2. The first-order valence-electron chi connectivity index (χ1n) is 10.3. The summed E-state index contributed by atoms with van der Waals surface area (Å²) in [6.07, 6.45) is 3.23. The summed E-state index contributed by atoms with van der Waals surface area (Å²) in [5, 5.41) is 12.2. The summed E-state index contributed by atoms with van der Waals surface area (Å²) in [6.45, 7) is 16.0. The molecule has 0 aliphatic heterocycles. The molecule has 4 N–H and O–H groups in total.